The third kappa shape index (κ3) is 63.4. The van der Waals surface area contributed by atoms with E-state index < -0.39 is 12.1 Å². The number of unbranched alkanes of at least 4 members (excludes halogenated alkanes) is 53. The molecular weight excluding hydrogens is 947 g/mol. The molecule has 2 unspecified atom stereocenters. The van der Waals surface area contributed by atoms with Gasteiger partial charge < -0.3 is 20.3 Å². The lowest BCUT2D eigenvalue weighted by Gasteiger charge is -2.20. The average molecular weight is 1080 g/mol. The Morgan fingerprint density at radius 2 is 0.610 bits per heavy atom. The molecule has 6 heteroatoms. The molecule has 0 aliphatic rings. The molecule has 0 aromatic heterocycles. The minimum Gasteiger partial charge on any atom is -0.466 e. The van der Waals surface area contributed by atoms with Crippen molar-refractivity contribution in [3.63, 3.8) is 0 Å². The quantitative estimate of drug-likeness (QED) is 0.0320. The van der Waals surface area contributed by atoms with Gasteiger partial charge in [-0.3, -0.25) is 9.59 Å². The number of aliphatic hydroxyl groups is 2. The van der Waals surface area contributed by atoms with Crippen molar-refractivity contribution in [1.82, 2.24) is 5.32 Å². The summed E-state index contributed by atoms with van der Waals surface area (Å²) >= 11 is 0. The first-order valence-corrected chi connectivity index (χ1v) is 35.1. The highest BCUT2D eigenvalue weighted by molar-refractivity contribution is 5.76. The van der Waals surface area contributed by atoms with Gasteiger partial charge in [-0.2, -0.15) is 0 Å². The maximum absolute atomic E-state index is 12.5. The molecule has 77 heavy (non-hydrogen) atoms. The van der Waals surface area contributed by atoms with Crippen LogP contribution in [-0.4, -0.2) is 47.4 Å². The molecule has 1 amide bonds. The van der Waals surface area contributed by atoms with Crippen LogP contribution in [0.2, 0.25) is 0 Å². The number of hydrogen-bond donors (Lipinski definition) is 3. The van der Waals surface area contributed by atoms with Crippen molar-refractivity contribution in [2.24, 2.45) is 0 Å². The average Bonchev–Trinajstić information content (AvgIpc) is 3.43. The maximum Gasteiger partial charge on any atom is 0.305 e. The zero-order chi connectivity index (χ0) is 55.7. The number of aliphatic hydroxyl groups excluding tert-OH is 2. The van der Waals surface area contributed by atoms with E-state index in [-0.39, 0.29) is 18.5 Å². The molecule has 0 aromatic rings. The number of rotatable bonds is 66. The molecule has 0 aliphatic heterocycles. The molecule has 0 aliphatic carbocycles. The number of ether oxygens (including phenoxy) is 1. The van der Waals surface area contributed by atoms with Gasteiger partial charge in [-0.1, -0.05) is 346 Å². The molecule has 0 saturated carbocycles. The first kappa shape index (κ1) is 75.3. The fourth-order valence-electron chi connectivity index (χ4n) is 11.1. The summed E-state index contributed by atoms with van der Waals surface area (Å²) < 4.78 is 5.50. The number of nitrogens with one attached hydrogen (secondary N) is 1. The van der Waals surface area contributed by atoms with Gasteiger partial charge in [0.1, 0.15) is 0 Å². The Morgan fingerprint density at radius 3 is 0.922 bits per heavy atom. The summed E-state index contributed by atoms with van der Waals surface area (Å²) in [6.07, 6.45) is 84.0. The van der Waals surface area contributed by atoms with Crippen molar-refractivity contribution in [2.45, 2.75) is 405 Å². The van der Waals surface area contributed by atoms with Gasteiger partial charge in [0.15, 0.2) is 0 Å². The molecule has 2 atom stereocenters. The van der Waals surface area contributed by atoms with Crippen LogP contribution in [0.3, 0.4) is 0 Å². The van der Waals surface area contributed by atoms with Crippen molar-refractivity contribution in [3.8, 4) is 0 Å². The summed E-state index contributed by atoms with van der Waals surface area (Å²) in [7, 11) is 0. The normalized spacial score (nSPS) is 12.6. The SMILES string of the molecule is CCCCCCCCC/C=C\CCCCCCCC(=O)OCCCCCCCCCCCCCCCCCCCCCCCCCCCCCCCC(=O)NC(CO)C(O)/C=C/CCCCCCCCCCCCCCC. The van der Waals surface area contributed by atoms with Gasteiger partial charge >= 0.3 is 5.97 Å². The van der Waals surface area contributed by atoms with E-state index in [1.807, 2.05) is 6.08 Å². The topological polar surface area (TPSA) is 95.9 Å². The van der Waals surface area contributed by atoms with Crippen molar-refractivity contribution in [3.05, 3.63) is 24.3 Å². The van der Waals surface area contributed by atoms with Crippen LogP contribution in [0.5, 0.6) is 0 Å². The summed E-state index contributed by atoms with van der Waals surface area (Å²) in [5, 5.41) is 23.2. The predicted octanol–water partition coefficient (Wildman–Crippen LogP) is 22.5. The summed E-state index contributed by atoms with van der Waals surface area (Å²) in [5.41, 5.74) is 0. The van der Waals surface area contributed by atoms with Gasteiger partial charge in [-0.25, -0.2) is 0 Å². The van der Waals surface area contributed by atoms with E-state index in [1.54, 1.807) is 6.08 Å². The summed E-state index contributed by atoms with van der Waals surface area (Å²) in [4.78, 5) is 24.6. The molecule has 0 spiro atoms. The lowest BCUT2D eigenvalue weighted by atomic mass is 10.0. The Labute approximate surface area is 481 Å². The number of hydrogen-bond acceptors (Lipinski definition) is 5. The zero-order valence-corrected chi connectivity index (χ0v) is 52.2. The van der Waals surface area contributed by atoms with Crippen LogP contribution in [0, 0.1) is 0 Å². The van der Waals surface area contributed by atoms with Crippen LogP contribution in [0.1, 0.15) is 393 Å². The summed E-state index contributed by atoms with van der Waals surface area (Å²) in [5.74, 6) is -0.0497. The van der Waals surface area contributed by atoms with Crippen LogP contribution in [-0.2, 0) is 14.3 Å². The van der Waals surface area contributed by atoms with Crippen LogP contribution >= 0.6 is 0 Å². The third-order valence-corrected chi connectivity index (χ3v) is 16.5. The molecule has 0 rings (SSSR count). The van der Waals surface area contributed by atoms with Crippen molar-refractivity contribution in [1.29, 1.82) is 0 Å². The zero-order valence-electron chi connectivity index (χ0n) is 52.2. The van der Waals surface area contributed by atoms with Crippen LogP contribution in [0.25, 0.3) is 0 Å². The van der Waals surface area contributed by atoms with Gasteiger partial charge in [0.05, 0.1) is 25.4 Å². The second-order valence-corrected chi connectivity index (χ2v) is 24.2. The highest BCUT2D eigenvalue weighted by atomic mass is 16.5. The molecule has 0 saturated heterocycles. The van der Waals surface area contributed by atoms with E-state index in [9.17, 15) is 19.8 Å². The number of amides is 1. The molecule has 0 radical (unpaired) electrons. The number of esters is 1. The number of carbonyl (C=O) groups is 2. The fourth-order valence-corrected chi connectivity index (χ4v) is 11.1. The smallest absolute Gasteiger partial charge is 0.305 e. The molecule has 0 aromatic carbocycles. The van der Waals surface area contributed by atoms with Gasteiger partial charge in [-0.05, 0) is 57.8 Å². The summed E-state index contributed by atoms with van der Waals surface area (Å²) in [6.45, 7) is 4.93. The third-order valence-electron chi connectivity index (χ3n) is 16.5. The lowest BCUT2D eigenvalue weighted by Crippen LogP contribution is -2.45. The molecule has 0 bridgehead atoms. The maximum atomic E-state index is 12.5. The molecule has 0 fully saturated rings. The van der Waals surface area contributed by atoms with Crippen LogP contribution in [0.4, 0.5) is 0 Å². The van der Waals surface area contributed by atoms with E-state index in [2.05, 4.69) is 31.3 Å². The highest BCUT2D eigenvalue weighted by Crippen LogP contribution is 2.19. The van der Waals surface area contributed by atoms with E-state index >= 15 is 0 Å². The number of allylic oxidation sites excluding steroid dienone is 3. The first-order chi connectivity index (χ1) is 38.0. The van der Waals surface area contributed by atoms with Gasteiger partial charge in [0.25, 0.3) is 0 Å². The standard InChI is InChI=1S/C71H137NO5/c1-3-5-7-9-11-13-15-17-19-37-41-45-49-53-57-61-65-71(76)77-66-62-58-54-50-46-42-38-34-32-30-28-26-24-22-20-21-23-25-27-29-31-33-36-40-44-48-52-56-60-64-70(75)72-68(67-73)69(74)63-59-55-51-47-43-39-35-18-16-14-12-10-8-6-4-2/h19,37,59,63,68-69,73-74H,3-18,20-36,38-58,60-62,64-67H2,1-2H3,(H,72,75)/b37-19-,63-59+. The molecule has 3 N–H and O–H groups in total. The molecule has 456 valence electrons. The lowest BCUT2D eigenvalue weighted by molar-refractivity contribution is -0.143. The molecular formula is C71H137NO5. The van der Waals surface area contributed by atoms with Crippen LogP contribution < -0.4 is 5.32 Å². The minimum absolute atomic E-state index is 0.0124. The Bertz CT molecular complexity index is 1200. The largest absolute Gasteiger partial charge is 0.466 e. The number of carbonyl (C=O) groups excluding carboxylic acids is 2. The van der Waals surface area contributed by atoms with Crippen LogP contribution in [0.15, 0.2) is 24.3 Å². The highest BCUT2D eigenvalue weighted by Gasteiger charge is 2.18. The van der Waals surface area contributed by atoms with E-state index in [4.69, 9.17) is 4.74 Å². The van der Waals surface area contributed by atoms with E-state index in [0.29, 0.717) is 19.4 Å². The van der Waals surface area contributed by atoms with Crippen molar-refractivity contribution < 1.29 is 24.5 Å². The second-order valence-electron chi connectivity index (χ2n) is 24.2. The Hall–Kier alpha value is -1.66. The Balaban J connectivity index is 3.34. The molecule has 6 nitrogen and oxygen atoms in total. The first-order valence-electron chi connectivity index (χ1n) is 35.1. The Kier molecular flexibility index (Phi) is 65.4. The molecule has 0 heterocycles. The predicted molar refractivity (Wildman–Crippen MR) is 338 cm³/mol. The summed E-state index contributed by atoms with van der Waals surface area (Å²) in [6, 6.07) is -0.625. The monoisotopic (exact) mass is 1080 g/mol. The fraction of sp³-hybridized carbons (Fsp3) is 0.915. The Morgan fingerprint density at radius 1 is 0.351 bits per heavy atom. The second kappa shape index (κ2) is 66.8. The van der Waals surface area contributed by atoms with E-state index in [0.717, 1.165) is 44.9 Å². The van der Waals surface area contributed by atoms with Gasteiger partial charge in [-0.15, -0.1) is 0 Å². The minimum atomic E-state index is -0.841. The van der Waals surface area contributed by atoms with Crippen molar-refractivity contribution >= 4 is 11.9 Å². The van der Waals surface area contributed by atoms with E-state index in [1.165, 1.54) is 321 Å². The van der Waals surface area contributed by atoms with Gasteiger partial charge in [0.2, 0.25) is 5.91 Å². The van der Waals surface area contributed by atoms with Gasteiger partial charge in [0, 0.05) is 12.8 Å². The van der Waals surface area contributed by atoms with Crippen molar-refractivity contribution in [2.75, 3.05) is 13.2 Å².